The molecule has 30 heavy (non-hydrogen) atoms. The number of benzene rings is 1. The fraction of sp³-hybridized carbons (Fsp3) is 0.579. The van der Waals surface area contributed by atoms with E-state index in [4.69, 9.17) is 4.74 Å². The lowest BCUT2D eigenvalue weighted by atomic mass is 9.97. The molecule has 2 unspecified atom stereocenters. The van der Waals surface area contributed by atoms with Crippen molar-refractivity contribution in [1.82, 2.24) is 9.62 Å². The maximum atomic E-state index is 12.7. The van der Waals surface area contributed by atoms with Gasteiger partial charge in [-0.25, -0.2) is 13.1 Å². The number of hydrogen-bond donors (Lipinski definition) is 1. The molecule has 1 heterocycles. The number of likely N-dealkylation sites (tertiary alicyclic amines) is 1. The zero-order chi connectivity index (χ0) is 22.5. The van der Waals surface area contributed by atoms with E-state index in [-0.39, 0.29) is 31.0 Å². The van der Waals surface area contributed by atoms with Crippen LogP contribution in [0.3, 0.4) is 0 Å². The molecule has 1 N–H and O–H groups in total. The summed E-state index contributed by atoms with van der Waals surface area (Å²) in [6.45, 7) is 3.05. The molecule has 1 aromatic carbocycles. The molecule has 0 aliphatic carbocycles. The Bertz CT molecular complexity index is 863. The molecule has 2 atom stereocenters. The summed E-state index contributed by atoms with van der Waals surface area (Å²) in [6, 6.07) is 3.39. The Balaban J connectivity index is 1.83. The number of rotatable bonds is 7. The van der Waals surface area contributed by atoms with E-state index in [9.17, 15) is 31.2 Å². The van der Waals surface area contributed by atoms with E-state index in [2.05, 4.69) is 4.72 Å². The Morgan fingerprint density at radius 3 is 2.43 bits per heavy atom. The van der Waals surface area contributed by atoms with Gasteiger partial charge in [-0.15, -0.1) is 0 Å². The van der Waals surface area contributed by atoms with Crippen molar-refractivity contribution in [3.05, 3.63) is 29.8 Å². The maximum absolute atomic E-state index is 12.7. The third-order valence-electron chi connectivity index (χ3n) is 4.93. The molecular formula is C19H25F3N2O5S. The number of halogens is 3. The fourth-order valence-electron chi connectivity index (χ4n) is 3.41. The monoisotopic (exact) mass is 450 g/mol. The van der Waals surface area contributed by atoms with Crippen molar-refractivity contribution < 1.29 is 35.9 Å². The summed E-state index contributed by atoms with van der Waals surface area (Å²) in [4.78, 5) is 25.3. The minimum atomic E-state index is -4.68. The second kappa shape index (κ2) is 9.78. The largest absolute Gasteiger partial charge is 0.456 e. The summed E-state index contributed by atoms with van der Waals surface area (Å²) < 4.78 is 69.5. The number of carbonyl (C=O) groups excluding carboxylic acids is 2. The summed E-state index contributed by atoms with van der Waals surface area (Å²) in [5.74, 6) is -1.10. The highest BCUT2D eigenvalue weighted by molar-refractivity contribution is 7.89. The lowest BCUT2D eigenvalue weighted by molar-refractivity contribution is -0.154. The third-order valence-corrected chi connectivity index (χ3v) is 6.39. The standard InChI is InChI=1S/C19H25F3N2O5S/c1-13-5-3-6-14(2)24(13)17(25)12-29-18(26)9-10-23-30(27,28)16-8-4-7-15(11-16)19(20,21)22/h4,7-8,11,13-14,23H,3,5-6,9-10,12H2,1-2H3. The first kappa shape index (κ1) is 24.1. The number of alkyl halides is 3. The van der Waals surface area contributed by atoms with Gasteiger partial charge in [0.25, 0.3) is 5.91 Å². The molecule has 7 nitrogen and oxygen atoms in total. The SMILES string of the molecule is CC1CCCC(C)N1C(=O)COC(=O)CCNS(=O)(=O)c1cccc(C(F)(F)F)c1. The average molecular weight is 450 g/mol. The second-order valence-corrected chi connectivity index (χ2v) is 9.03. The van der Waals surface area contributed by atoms with Gasteiger partial charge in [-0.3, -0.25) is 9.59 Å². The van der Waals surface area contributed by atoms with Gasteiger partial charge < -0.3 is 9.64 Å². The highest BCUT2D eigenvalue weighted by Crippen LogP contribution is 2.30. The van der Waals surface area contributed by atoms with Crippen LogP contribution >= 0.6 is 0 Å². The van der Waals surface area contributed by atoms with E-state index in [1.807, 2.05) is 13.8 Å². The smallest absolute Gasteiger partial charge is 0.416 e. The van der Waals surface area contributed by atoms with E-state index in [0.29, 0.717) is 6.07 Å². The fourth-order valence-corrected chi connectivity index (χ4v) is 4.49. The molecule has 1 saturated heterocycles. The van der Waals surface area contributed by atoms with E-state index < -0.39 is 39.2 Å². The molecular weight excluding hydrogens is 425 g/mol. The quantitative estimate of drug-likeness (QED) is 0.645. The van der Waals surface area contributed by atoms with Crippen LogP contribution < -0.4 is 4.72 Å². The van der Waals surface area contributed by atoms with Crippen LogP contribution in [0.2, 0.25) is 0 Å². The van der Waals surface area contributed by atoms with E-state index in [1.54, 1.807) is 4.90 Å². The predicted octanol–water partition coefficient (Wildman–Crippen LogP) is 2.71. The van der Waals surface area contributed by atoms with Crippen LogP contribution in [0.5, 0.6) is 0 Å². The van der Waals surface area contributed by atoms with Crippen LogP contribution in [-0.2, 0) is 30.5 Å². The first-order valence-electron chi connectivity index (χ1n) is 9.55. The molecule has 2 rings (SSSR count). The van der Waals surface area contributed by atoms with Gasteiger partial charge in [0.05, 0.1) is 16.9 Å². The van der Waals surface area contributed by atoms with Gasteiger partial charge in [-0.2, -0.15) is 13.2 Å². The van der Waals surface area contributed by atoms with Crippen LogP contribution in [0, 0.1) is 0 Å². The molecule has 11 heteroatoms. The Morgan fingerprint density at radius 2 is 1.83 bits per heavy atom. The number of nitrogens with one attached hydrogen (secondary N) is 1. The highest BCUT2D eigenvalue weighted by atomic mass is 32.2. The third kappa shape index (κ3) is 6.43. The highest BCUT2D eigenvalue weighted by Gasteiger charge is 2.32. The molecule has 0 radical (unpaired) electrons. The number of sulfonamides is 1. The summed E-state index contributed by atoms with van der Waals surface area (Å²) in [5, 5.41) is 0. The lowest BCUT2D eigenvalue weighted by Crippen LogP contribution is -2.49. The average Bonchev–Trinajstić information content (AvgIpc) is 2.65. The van der Waals surface area contributed by atoms with Crippen molar-refractivity contribution in [2.75, 3.05) is 13.2 Å². The van der Waals surface area contributed by atoms with Gasteiger partial charge in [-0.1, -0.05) is 6.07 Å². The number of carbonyl (C=O) groups is 2. The van der Waals surface area contributed by atoms with Gasteiger partial charge in [0.1, 0.15) is 0 Å². The minimum Gasteiger partial charge on any atom is -0.456 e. The van der Waals surface area contributed by atoms with E-state index in [1.165, 1.54) is 0 Å². The van der Waals surface area contributed by atoms with Gasteiger partial charge in [0.2, 0.25) is 10.0 Å². The second-order valence-electron chi connectivity index (χ2n) is 7.26. The normalized spacial score (nSPS) is 20.1. The van der Waals surface area contributed by atoms with Crippen LogP contribution in [0.1, 0.15) is 45.1 Å². The Labute approximate surface area is 173 Å². The van der Waals surface area contributed by atoms with Crippen molar-refractivity contribution in [2.24, 2.45) is 0 Å². The molecule has 1 fully saturated rings. The van der Waals surface area contributed by atoms with Crippen molar-refractivity contribution in [3.8, 4) is 0 Å². The molecule has 0 spiro atoms. The van der Waals surface area contributed by atoms with Crippen LogP contribution in [-0.4, -0.2) is 50.4 Å². The van der Waals surface area contributed by atoms with E-state index in [0.717, 1.165) is 37.5 Å². The number of nitrogens with zero attached hydrogens (tertiary/aromatic N) is 1. The summed E-state index contributed by atoms with van der Waals surface area (Å²) in [6.07, 6.45) is -2.26. The van der Waals surface area contributed by atoms with Crippen molar-refractivity contribution in [3.63, 3.8) is 0 Å². The van der Waals surface area contributed by atoms with Crippen LogP contribution in [0.4, 0.5) is 13.2 Å². The van der Waals surface area contributed by atoms with Crippen molar-refractivity contribution in [1.29, 1.82) is 0 Å². The number of hydrogen-bond acceptors (Lipinski definition) is 5. The van der Waals surface area contributed by atoms with Gasteiger partial charge in [0, 0.05) is 18.6 Å². The Morgan fingerprint density at radius 1 is 1.20 bits per heavy atom. The van der Waals surface area contributed by atoms with Crippen LogP contribution in [0.25, 0.3) is 0 Å². The van der Waals surface area contributed by atoms with Crippen LogP contribution in [0.15, 0.2) is 29.2 Å². The van der Waals surface area contributed by atoms with Crippen molar-refractivity contribution >= 4 is 21.9 Å². The Kier molecular flexibility index (Phi) is 7.87. The first-order chi connectivity index (χ1) is 13.9. The summed E-state index contributed by atoms with van der Waals surface area (Å²) in [7, 11) is -4.23. The molecule has 1 aliphatic rings. The number of amides is 1. The maximum Gasteiger partial charge on any atom is 0.416 e. The van der Waals surface area contributed by atoms with Gasteiger partial charge >= 0.3 is 12.1 Å². The number of esters is 1. The molecule has 1 aliphatic heterocycles. The zero-order valence-electron chi connectivity index (χ0n) is 16.7. The topological polar surface area (TPSA) is 92.8 Å². The number of ether oxygens (including phenoxy) is 1. The molecule has 168 valence electrons. The zero-order valence-corrected chi connectivity index (χ0v) is 17.6. The molecule has 1 aromatic rings. The molecule has 0 bridgehead atoms. The summed E-state index contributed by atoms with van der Waals surface area (Å²) in [5.41, 5.74) is -1.09. The summed E-state index contributed by atoms with van der Waals surface area (Å²) >= 11 is 0. The van der Waals surface area contributed by atoms with Gasteiger partial charge in [-0.05, 0) is 51.3 Å². The van der Waals surface area contributed by atoms with E-state index >= 15 is 0 Å². The molecule has 0 saturated carbocycles. The lowest BCUT2D eigenvalue weighted by Gasteiger charge is -2.38. The predicted molar refractivity (Wildman–Crippen MR) is 102 cm³/mol. The van der Waals surface area contributed by atoms with Gasteiger partial charge in [0.15, 0.2) is 6.61 Å². The number of piperidine rings is 1. The molecule has 0 aromatic heterocycles. The minimum absolute atomic E-state index is 0.0548. The Hall–Kier alpha value is -2.14. The molecule has 1 amide bonds. The first-order valence-corrected chi connectivity index (χ1v) is 11.0. The van der Waals surface area contributed by atoms with Crippen molar-refractivity contribution in [2.45, 2.75) is 62.7 Å².